The molecule has 2 aromatic rings. The van der Waals surface area contributed by atoms with Gasteiger partial charge < -0.3 is 5.32 Å². The first-order valence-corrected chi connectivity index (χ1v) is 7.29. The molecule has 0 saturated carbocycles. The Balaban J connectivity index is 1.96. The van der Waals surface area contributed by atoms with Gasteiger partial charge in [0.05, 0.1) is 18.3 Å². The monoisotopic (exact) mass is 279 g/mol. The van der Waals surface area contributed by atoms with E-state index < -0.39 is 0 Å². The summed E-state index contributed by atoms with van der Waals surface area (Å²) < 4.78 is 1.88. The number of thiazole rings is 1. The zero-order chi connectivity index (χ0) is 14.0. The first kappa shape index (κ1) is 14.0. The highest BCUT2D eigenvalue weighted by atomic mass is 32.1. The second-order valence-corrected chi connectivity index (χ2v) is 6.96. The van der Waals surface area contributed by atoms with Crippen LogP contribution in [0.5, 0.6) is 0 Å². The Morgan fingerprint density at radius 1 is 1.37 bits per heavy atom. The van der Waals surface area contributed by atoms with E-state index in [0.717, 1.165) is 10.8 Å². The molecule has 104 valence electrons. The molecule has 2 aromatic heterocycles. The largest absolute Gasteiger partial charge is 0.356 e. The van der Waals surface area contributed by atoms with Crippen LogP contribution < -0.4 is 5.32 Å². The van der Waals surface area contributed by atoms with E-state index in [1.54, 1.807) is 11.3 Å². The molecular weight excluding hydrogens is 258 g/mol. The van der Waals surface area contributed by atoms with Crippen molar-refractivity contribution in [2.75, 3.05) is 5.32 Å². The van der Waals surface area contributed by atoms with Crippen molar-refractivity contribution in [2.24, 2.45) is 0 Å². The summed E-state index contributed by atoms with van der Waals surface area (Å²) in [6.45, 7) is 11.3. The number of nitrogens with one attached hydrogen (secondary N) is 1. The highest BCUT2D eigenvalue weighted by molar-refractivity contribution is 7.15. The minimum atomic E-state index is -0.0305. The molecule has 19 heavy (non-hydrogen) atoms. The third kappa shape index (κ3) is 3.53. The summed E-state index contributed by atoms with van der Waals surface area (Å²) in [6.07, 6.45) is 3.91. The molecule has 0 radical (unpaired) electrons. The molecule has 0 saturated heterocycles. The molecule has 2 rings (SSSR count). The fraction of sp³-hybridized carbons (Fsp3) is 0.615. The van der Waals surface area contributed by atoms with E-state index in [2.05, 4.69) is 55.2 Å². The molecule has 0 bridgehead atoms. The predicted octanol–water partition coefficient (Wildman–Crippen LogP) is 3.23. The zero-order valence-electron chi connectivity index (χ0n) is 12.1. The van der Waals surface area contributed by atoms with Gasteiger partial charge in [-0.1, -0.05) is 19.1 Å². The second kappa shape index (κ2) is 5.28. The van der Waals surface area contributed by atoms with Crippen molar-refractivity contribution in [1.82, 2.24) is 20.0 Å². The van der Waals surface area contributed by atoms with E-state index in [9.17, 15) is 0 Å². The number of hydrogen-bond acceptors (Lipinski definition) is 5. The average Bonchev–Trinajstić information content (AvgIpc) is 2.95. The van der Waals surface area contributed by atoms with Gasteiger partial charge in [0.1, 0.15) is 5.69 Å². The zero-order valence-corrected chi connectivity index (χ0v) is 13.0. The lowest BCUT2D eigenvalue weighted by Gasteiger charge is -2.17. The normalized spacial score (nSPS) is 12.1. The Labute approximate surface area is 118 Å². The highest BCUT2D eigenvalue weighted by Gasteiger charge is 2.15. The molecule has 0 spiro atoms. The van der Waals surface area contributed by atoms with Gasteiger partial charge in [-0.2, -0.15) is 0 Å². The van der Waals surface area contributed by atoms with Crippen molar-refractivity contribution in [3.8, 4) is 0 Å². The Kier molecular flexibility index (Phi) is 3.89. The van der Waals surface area contributed by atoms with Crippen LogP contribution in [-0.4, -0.2) is 20.0 Å². The van der Waals surface area contributed by atoms with Crippen LogP contribution >= 0.6 is 11.3 Å². The van der Waals surface area contributed by atoms with Crippen LogP contribution in [0.2, 0.25) is 0 Å². The van der Waals surface area contributed by atoms with Crippen molar-refractivity contribution >= 4 is 16.5 Å². The molecule has 0 aliphatic heterocycles. The van der Waals surface area contributed by atoms with E-state index in [-0.39, 0.29) is 5.54 Å². The predicted molar refractivity (Wildman–Crippen MR) is 78.5 cm³/mol. The summed E-state index contributed by atoms with van der Waals surface area (Å²) >= 11 is 1.70. The molecule has 2 heterocycles. The third-order valence-corrected chi connectivity index (χ3v) is 4.00. The van der Waals surface area contributed by atoms with Gasteiger partial charge in [0.2, 0.25) is 0 Å². The Morgan fingerprint density at radius 2 is 2.11 bits per heavy atom. The quantitative estimate of drug-likeness (QED) is 0.933. The minimum Gasteiger partial charge on any atom is -0.356 e. The molecule has 0 aliphatic rings. The number of rotatable bonds is 4. The van der Waals surface area contributed by atoms with Crippen LogP contribution in [0.15, 0.2) is 12.4 Å². The lowest BCUT2D eigenvalue weighted by molar-refractivity contribution is 0.347. The van der Waals surface area contributed by atoms with Crippen LogP contribution in [0, 0.1) is 0 Å². The Hall–Kier alpha value is -1.43. The van der Waals surface area contributed by atoms with Gasteiger partial charge in [-0.3, -0.25) is 0 Å². The number of nitrogens with zero attached hydrogens (tertiary/aromatic N) is 4. The molecular formula is C13H21N5S. The molecule has 0 unspecified atom stereocenters. The summed E-state index contributed by atoms with van der Waals surface area (Å²) in [6, 6.07) is 0. The minimum absolute atomic E-state index is 0.0305. The van der Waals surface area contributed by atoms with E-state index in [0.29, 0.717) is 12.5 Å². The van der Waals surface area contributed by atoms with Crippen LogP contribution in [0.3, 0.4) is 0 Å². The summed E-state index contributed by atoms with van der Waals surface area (Å²) in [7, 11) is 0. The Morgan fingerprint density at radius 3 is 2.63 bits per heavy atom. The van der Waals surface area contributed by atoms with Crippen molar-refractivity contribution in [3.63, 3.8) is 0 Å². The second-order valence-electron chi connectivity index (χ2n) is 5.90. The molecule has 0 amide bonds. The standard InChI is InChI=1S/C13H21N5S/c1-9(2)11-7-15-12(19-11)14-6-10-8-18(17-16-10)13(3,4)5/h7-9H,6H2,1-5H3,(H,14,15). The fourth-order valence-electron chi connectivity index (χ4n) is 1.51. The van der Waals surface area contributed by atoms with Gasteiger partial charge in [0, 0.05) is 11.1 Å². The van der Waals surface area contributed by atoms with Gasteiger partial charge in [-0.15, -0.1) is 16.4 Å². The van der Waals surface area contributed by atoms with Gasteiger partial charge >= 0.3 is 0 Å². The van der Waals surface area contributed by atoms with Crippen LogP contribution in [0.4, 0.5) is 5.13 Å². The smallest absolute Gasteiger partial charge is 0.183 e. The molecule has 0 atom stereocenters. The number of aromatic nitrogens is 4. The third-order valence-electron chi connectivity index (χ3n) is 2.74. The molecule has 1 N–H and O–H groups in total. The summed E-state index contributed by atoms with van der Waals surface area (Å²) in [5, 5.41) is 12.5. The van der Waals surface area contributed by atoms with Crippen molar-refractivity contribution < 1.29 is 0 Å². The summed E-state index contributed by atoms with van der Waals surface area (Å²) in [5.41, 5.74) is 0.897. The molecule has 0 aliphatic carbocycles. The maximum atomic E-state index is 4.36. The molecule has 0 fully saturated rings. The van der Waals surface area contributed by atoms with Crippen molar-refractivity contribution in [3.05, 3.63) is 23.0 Å². The fourth-order valence-corrected chi connectivity index (χ4v) is 2.32. The van der Waals surface area contributed by atoms with Crippen LogP contribution in [-0.2, 0) is 12.1 Å². The first-order valence-electron chi connectivity index (χ1n) is 6.47. The van der Waals surface area contributed by atoms with Crippen LogP contribution in [0.1, 0.15) is 51.1 Å². The topological polar surface area (TPSA) is 55.6 Å². The Bertz CT molecular complexity index is 535. The highest BCUT2D eigenvalue weighted by Crippen LogP contribution is 2.25. The van der Waals surface area contributed by atoms with E-state index >= 15 is 0 Å². The summed E-state index contributed by atoms with van der Waals surface area (Å²) in [4.78, 5) is 5.65. The van der Waals surface area contributed by atoms with E-state index in [1.807, 2.05) is 17.1 Å². The maximum absolute atomic E-state index is 4.36. The number of anilines is 1. The lowest BCUT2D eigenvalue weighted by atomic mass is 10.1. The van der Waals surface area contributed by atoms with Gasteiger partial charge in [0.25, 0.3) is 0 Å². The molecule has 5 nitrogen and oxygen atoms in total. The van der Waals surface area contributed by atoms with Gasteiger partial charge in [-0.25, -0.2) is 9.67 Å². The van der Waals surface area contributed by atoms with Gasteiger partial charge in [0.15, 0.2) is 5.13 Å². The number of hydrogen-bond donors (Lipinski definition) is 1. The van der Waals surface area contributed by atoms with Crippen molar-refractivity contribution in [2.45, 2.75) is 52.6 Å². The summed E-state index contributed by atoms with van der Waals surface area (Å²) in [5.74, 6) is 0.523. The SMILES string of the molecule is CC(C)c1cnc(NCc2cn(C(C)(C)C)nn2)s1. The van der Waals surface area contributed by atoms with Crippen LogP contribution in [0.25, 0.3) is 0 Å². The molecule has 6 heteroatoms. The first-order chi connectivity index (χ1) is 8.86. The average molecular weight is 279 g/mol. The van der Waals surface area contributed by atoms with Crippen molar-refractivity contribution in [1.29, 1.82) is 0 Å². The van der Waals surface area contributed by atoms with E-state index in [4.69, 9.17) is 0 Å². The lowest BCUT2D eigenvalue weighted by Crippen LogP contribution is -2.22. The maximum Gasteiger partial charge on any atom is 0.183 e. The van der Waals surface area contributed by atoms with Gasteiger partial charge in [-0.05, 0) is 26.7 Å². The van der Waals surface area contributed by atoms with E-state index in [1.165, 1.54) is 4.88 Å². The molecule has 0 aromatic carbocycles.